The van der Waals surface area contributed by atoms with E-state index in [2.05, 4.69) is 20.9 Å². The fraction of sp³-hybridized carbons (Fsp3) is 0.250. The van der Waals surface area contributed by atoms with Crippen LogP contribution < -0.4 is 5.73 Å². The van der Waals surface area contributed by atoms with Crippen molar-refractivity contribution >= 4 is 15.9 Å². The van der Waals surface area contributed by atoms with Crippen molar-refractivity contribution in [1.29, 1.82) is 0 Å². The lowest BCUT2D eigenvalue weighted by atomic mass is 10.0. The lowest BCUT2D eigenvalue weighted by Crippen LogP contribution is -2.14. The predicted molar refractivity (Wildman–Crippen MR) is 66.0 cm³/mol. The molecule has 2 aromatic rings. The van der Waals surface area contributed by atoms with Gasteiger partial charge in [-0.2, -0.15) is 0 Å². The quantitative estimate of drug-likeness (QED) is 0.941. The van der Waals surface area contributed by atoms with Gasteiger partial charge in [-0.15, -0.1) is 0 Å². The largest absolute Gasteiger partial charge is 0.469 e. The number of aromatic nitrogens is 1. The molecule has 1 atom stereocenters. The number of nitrogens with two attached hydrogens (primary N) is 1. The molecule has 2 aromatic heterocycles. The minimum Gasteiger partial charge on any atom is -0.469 e. The average Bonchev–Trinajstić information content (AvgIpc) is 2.68. The van der Waals surface area contributed by atoms with Crippen LogP contribution in [0.5, 0.6) is 0 Å². The molecule has 2 heterocycles. The molecule has 0 aromatic carbocycles. The highest BCUT2D eigenvalue weighted by atomic mass is 79.9. The van der Waals surface area contributed by atoms with Crippen molar-refractivity contribution in [2.45, 2.75) is 19.4 Å². The summed E-state index contributed by atoms with van der Waals surface area (Å²) in [5, 5.41) is 0. The van der Waals surface area contributed by atoms with Crippen LogP contribution in [0.1, 0.15) is 23.1 Å². The van der Waals surface area contributed by atoms with Crippen molar-refractivity contribution in [1.82, 2.24) is 4.98 Å². The molecule has 0 saturated heterocycles. The predicted octanol–water partition coefficient (Wildman–Crippen LogP) is 2.99. The number of nitrogens with zero attached hydrogens (tertiary/aromatic N) is 1. The summed E-state index contributed by atoms with van der Waals surface area (Å²) in [5.41, 5.74) is 8.13. The molecule has 84 valence electrons. The third kappa shape index (κ3) is 2.51. The van der Waals surface area contributed by atoms with Crippen molar-refractivity contribution in [3.63, 3.8) is 0 Å². The van der Waals surface area contributed by atoms with Crippen LogP contribution in [0.4, 0.5) is 0 Å². The maximum atomic E-state index is 6.10. The van der Waals surface area contributed by atoms with E-state index in [9.17, 15) is 0 Å². The van der Waals surface area contributed by atoms with Gasteiger partial charge in [-0.3, -0.25) is 4.98 Å². The number of rotatable bonds is 3. The minimum absolute atomic E-state index is 0.0626. The molecule has 0 aliphatic heterocycles. The number of pyridine rings is 1. The molecule has 0 amide bonds. The summed E-state index contributed by atoms with van der Waals surface area (Å²) in [6.45, 7) is 1.92. The molecule has 0 aliphatic carbocycles. The van der Waals surface area contributed by atoms with E-state index in [0.29, 0.717) is 6.42 Å². The normalized spacial score (nSPS) is 12.7. The Labute approximate surface area is 103 Å². The Balaban J connectivity index is 2.10. The highest BCUT2D eigenvalue weighted by Gasteiger charge is 2.12. The number of aryl methyl sites for hydroxylation is 1. The summed E-state index contributed by atoms with van der Waals surface area (Å²) in [5.74, 6) is 0.879. The van der Waals surface area contributed by atoms with E-state index in [1.165, 1.54) is 0 Å². The van der Waals surface area contributed by atoms with Gasteiger partial charge in [-0.05, 0) is 41.1 Å². The van der Waals surface area contributed by atoms with E-state index in [1.54, 1.807) is 12.5 Å². The Morgan fingerprint density at radius 1 is 1.44 bits per heavy atom. The van der Waals surface area contributed by atoms with Crippen molar-refractivity contribution in [3.8, 4) is 0 Å². The highest BCUT2D eigenvalue weighted by Crippen LogP contribution is 2.20. The van der Waals surface area contributed by atoms with Crippen LogP contribution in [0, 0.1) is 6.92 Å². The van der Waals surface area contributed by atoms with Gasteiger partial charge in [0.2, 0.25) is 0 Å². The standard InChI is InChI=1S/C12H13BrN2O/c1-8-11(4-5-16-8)12(14)6-10-3-2-9(13)7-15-10/h2-5,7,12H,6,14H2,1H3. The van der Waals surface area contributed by atoms with E-state index in [4.69, 9.17) is 10.2 Å². The van der Waals surface area contributed by atoms with Crippen LogP contribution >= 0.6 is 15.9 Å². The fourth-order valence-electron chi connectivity index (χ4n) is 1.64. The molecule has 2 rings (SSSR count). The second-order valence-corrected chi connectivity index (χ2v) is 4.63. The molecule has 0 aliphatic rings. The molecule has 2 N–H and O–H groups in total. The Bertz CT molecular complexity index is 464. The van der Waals surface area contributed by atoms with Gasteiger partial charge in [0.15, 0.2) is 0 Å². The molecular weight excluding hydrogens is 268 g/mol. The summed E-state index contributed by atoms with van der Waals surface area (Å²) in [6, 6.07) is 5.79. The molecule has 0 spiro atoms. The highest BCUT2D eigenvalue weighted by molar-refractivity contribution is 9.10. The fourth-order valence-corrected chi connectivity index (χ4v) is 1.88. The van der Waals surface area contributed by atoms with Crippen LogP contribution in [0.3, 0.4) is 0 Å². The topological polar surface area (TPSA) is 52.0 Å². The molecule has 0 saturated carbocycles. The summed E-state index contributed by atoms with van der Waals surface area (Å²) >= 11 is 3.35. The van der Waals surface area contributed by atoms with Gasteiger partial charge >= 0.3 is 0 Å². The maximum Gasteiger partial charge on any atom is 0.105 e. The Morgan fingerprint density at radius 3 is 2.81 bits per heavy atom. The molecule has 16 heavy (non-hydrogen) atoms. The number of halogens is 1. The van der Waals surface area contributed by atoms with Crippen molar-refractivity contribution in [2.24, 2.45) is 5.73 Å². The number of furan rings is 1. The summed E-state index contributed by atoms with van der Waals surface area (Å²) in [4.78, 5) is 4.30. The molecule has 0 fully saturated rings. The number of hydrogen-bond donors (Lipinski definition) is 1. The van der Waals surface area contributed by atoms with Gasteiger partial charge < -0.3 is 10.2 Å². The third-order valence-electron chi connectivity index (χ3n) is 2.52. The summed E-state index contributed by atoms with van der Waals surface area (Å²) in [7, 11) is 0. The molecule has 4 heteroatoms. The average molecular weight is 281 g/mol. The van der Waals surface area contributed by atoms with Gasteiger partial charge in [0.25, 0.3) is 0 Å². The van der Waals surface area contributed by atoms with Crippen LogP contribution in [-0.2, 0) is 6.42 Å². The van der Waals surface area contributed by atoms with Crippen LogP contribution in [0.15, 0.2) is 39.5 Å². The first kappa shape index (κ1) is 11.4. The van der Waals surface area contributed by atoms with Gasteiger partial charge in [0.1, 0.15) is 5.76 Å². The van der Waals surface area contributed by atoms with Crippen LogP contribution in [-0.4, -0.2) is 4.98 Å². The zero-order valence-electron chi connectivity index (χ0n) is 8.98. The lowest BCUT2D eigenvalue weighted by molar-refractivity contribution is 0.523. The zero-order valence-corrected chi connectivity index (χ0v) is 10.6. The molecule has 3 nitrogen and oxygen atoms in total. The van der Waals surface area contributed by atoms with Crippen molar-refractivity contribution in [2.75, 3.05) is 0 Å². The van der Waals surface area contributed by atoms with Crippen molar-refractivity contribution in [3.05, 3.63) is 52.1 Å². The van der Waals surface area contributed by atoms with E-state index in [-0.39, 0.29) is 6.04 Å². The van der Waals surface area contributed by atoms with E-state index < -0.39 is 0 Å². The Hall–Kier alpha value is -1.13. The minimum atomic E-state index is -0.0626. The van der Waals surface area contributed by atoms with E-state index >= 15 is 0 Å². The third-order valence-corrected chi connectivity index (χ3v) is 2.99. The SMILES string of the molecule is Cc1occc1C(N)Cc1ccc(Br)cn1. The smallest absolute Gasteiger partial charge is 0.105 e. The van der Waals surface area contributed by atoms with Gasteiger partial charge in [-0.1, -0.05) is 0 Å². The first-order valence-electron chi connectivity index (χ1n) is 5.07. The number of hydrogen-bond acceptors (Lipinski definition) is 3. The lowest BCUT2D eigenvalue weighted by Gasteiger charge is -2.09. The van der Waals surface area contributed by atoms with E-state index in [0.717, 1.165) is 21.5 Å². The maximum absolute atomic E-state index is 6.10. The van der Waals surface area contributed by atoms with Gasteiger partial charge in [-0.25, -0.2) is 0 Å². The van der Waals surface area contributed by atoms with Gasteiger partial charge in [0.05, 0.1) is 6.26 Å². The summed E-state index contributed by atoms with van der Waals surface area (Å²) < 4.78 is 6.21. The first-order chi connectivity index (χ1) is 7.66. The molecule has 0 radical (unpaired) electrons. The monoisotopic (exact) mass is 280 g/mol. The van der Waals surface area contributed by atoms with Crippen molar-refractivity contribution < 1.29 is 4.42 Å². The van der Waals surface area contributed by atoms with Crippen LogP contribution in [0.25, 0.3) is 0 Å². The second-order valence-electron chi connectivity index (χ2n) is 3.71. The first-order valence-corrected chi connectivity index (χ1v) is 5.86. The van der Waals surface area contributed by atoms with E-state index in [1.807, 2.05) is 25.1 Å². The molecule has 1 unspecified atom stereocenters. The summed E-state index contributed by atoms with van der Waals surface area (Å²) in [6.07, 6.45) is 4.16. The molecular formula is C12H13BrN2O. The Kier molecular flexibility index (Phi) is 3.41. The second kappa shape index (κ2) is 4.80. The zero-order chi connectivity index (χ0) is 11.5. The molecule has 0 bridgehead atoms. The Morgan fingerprint density at radius 2 is 2.25 bits per heavy atom. The van der Waals surface area contributed by atoms with Gasteiger partial charge in [0, 0.05) is 34.4 Å². The van der Waals surface area contributed by atoms with Crippen LogP contribution in [0.2, 0.25) is 0 Å².